The van der Waals surface area contributed by atoms with Gasteiger partial charge < -0.3 is 14.5 Å². The second-order valence-electron chi connectivity index (χ2n) is 9.39. The highest BCUT2D eigenvalue weighted by atomic mass is 32.1. The minimum Gasteiger partial charge on any atom is -0.460 e. The lowest BCUT2D eigenvalue weighted by Gasteiger charge is -2.44. The smallest absolute Gasteiger partial charge is 0.252 e. The van der Waals surface area contributed by atoms with Crippen LogP contribution in [0.4, 0.5) is 0 Å². The Morgan fingerprint density at radius 2 is 1.94 bits per heavy atom. The number of piperidine rings is 1. The maximum absolute atomic E-state index is 13.0. The predicted molar refractivity (Wildman–Crippen MR) is 134 cm³/mol. The van der Waals surface area contributed by atoms with E-state index >= 15 is 0 Å². The van der Waals surface area contributed by atoms with Crippen LogP contribution in [0.25, 0.3) is 11.0 Å². The molecular weight excluding hydrogens is 444 g/mol. The Morgan fingerprint density at radius 1 is 1.15 bits per heavy atom. The van der Waals surface area contributed by atoms with Gasteiger partial charge in [0.1, 0.15) is 11.3 Å². The molecule has 2 aromatic heterocycles. The molecule has 2 aliphatic rings. The van der Waals surface area contributed by atoms with E-state index in [1.807, 2.05) is 35.0 Å². The Morgan fingerprint density at radius 3 is 2.71 bits per heavy atom. The molecule has 0 saturated carbocycles. The number of nitrogens with zero attached hydrogens (tertiary/aromatic N) is 1. The van der Waals surface area contributed by atoms with Gasteiger partial charge in [0.05, 0.1) is 24.3 Å². The number of rotatable bonds is 5. The third-order valence-corrected chi connectivity index (χ3v) is 8.29. The topological polar surface area (TPSA) is 54.7 Å². The van der Waals surface area contributed by atoms with Crippen LogP contribution in [0.15, 0.2) is 75.8 Å². The van der Waals surface area contributed by atoms with Crippen molar-refractivity contribution in [3.05, 3.63) is 93.9 Å². The van der Waals surface area contributed by atoms with Crippen molar-refractivity contribution in [2.75, 3.05) is 20.2 Å². The number of furan rings is 1. The van der Waals surface area contributed by atoms with Gasteiger partial charge in [-0.15, -0.1) is 0 Å². The molecule has 3 heterocycles. The predicted octanol–water partition coefficient (Wildman–Crippen LogP) is 5.53. The standard InChI is InChI=1S/C28H28N2O3S/c1-32-26-25(29-27(31)20-10-15-34-18-20)22-7-3-4-8-23(22)28(26)11-13-30(14-12-28)17-21-16-19-6-2-5-9-24(19)33-21/h2-10,15-16,18,25-26H,11-14,17H2,1H3,(H,29,31)/t25-,26+/m1/s1. The Bertz CT molecular complexity index is 1270. The number of likely N-dealkylation sites (tertiary alicyclic amines) is 1. The molecule has 4 aromatic rings. The van der Waals surface area contributed by atoms with E-state index in [1.54, 1.807) is 7.11 Å². The number of methoxy groups -OCH3 is 1. The number of carbonyl (C=O) groups is 1. The quantitative estimate of drug-likeness (QED) is 0.415. The lowest BCUT2D eigenvalue weighted by atomic mass is 9.72. The van der Waals surface area contributed by atoms with Gasteiger partial charge >= 0.3 is 0 Å². The summed E-state index contributed by atoms with van der Waals surface area (Å²) in [4.78, 5) is 15.4. The molecule has 6 rings (SSSR count). The molecule has 0 unspecified atom stereocenters. The van der Waals surface area contributed by atoms with Gasteiger partial charge in [0.2, 0.25) is 0 Å². The highest BCUT2D eigenvalue weighted by Crippen LogP contribution is 2.52. The molecule has 1 N–H and O–H groups in total. The number of fused-ring (bicyclic) bond motifs is 3. The third kappa shape index (κ3) is 3.57. The number of amides is 1. The van der Waals surface area contributed by atoms with E-state index < -0.39 is 0 Å². The molecule has 1 aliphatic heterocycles. The molecule has 5 nitrogen and oxygen atoms in total. The lowest BCUT2D eigenvalue weighted by molar-refractivity contribution is -0.0128. The van der Waals surface area contributed by atoms with Crippen LogP contribution in [0.2, 0.25) is 0 Å². The second-order valence-corrected chi connectivity index (χ2v) is 10.2. The second kappa shape index (κ2) is 8.69. The molecule has 174 valence electrons. The summed E-state index contributed by atoms with van der Waals surface area (Å²) in [5.74, 6) is 0.968. The monoisotopic (exact) mass is 472 g/mol. The normalized spacial score (nSPS) is 21.7. The van der Waals surface area contributed by atoms with Crippen molar-refractivity contribution in [3.8, 4) is 0 Å². The Labute approximate surface area is 203 Å². The van der Waals surface area contributed by atoms with Gasteiger partial charge in [-0.25, -0.2) is 0 Å². The molecule has 6 heteroatoms. The molecule has 2 atom stereocenters. The molecule has 1 aliphatic carbocycles. The van der Waals surface area contributed by atoms with Crippen LogP contribution < -0.4 is 5.32 Å². The van der Waals surface area contributed by atoms with Crippen LogP contribution >= 0.6 is 11.3 Å². The molecule has 1 fully saturated rings. The van der Waals surface area contributed by atoms with E-state index in [0.717, 1.165) is 49.2 Å². The average molecular weight is 473 g/mol. The molecule has 1 spiro atoms. The van der Waals surface area contributed by atoms with Gasteiger partial charge in [-0.1, -0.05) is 42.5 Å². The minimum atomic E-state index is -0.157. The number of nitrogens with one attached hydrogen (secondary N) is 1. The van der Waals surface area contributed by atoms with Crippen molar-refractivity contribution in [1.82, 2.24) is 10.2 Å². The zero-order chi connectivity index (χ0) is 23.1. The Balaban J connectivity index is 1.23. The van der Waals surface area contributed by atoms with E-state index in [9.17, 15) is 4.79 Å². The van der Waals surface area contributed by atoms with Crippen molar-refractivity contribution in [2.45, 2.75) is 36.9 Å². The van der Waals surface area contributed by atoms with Crippen LogP contribution in [0.1, 0.15) is 46.1 Å². The Hall–Kier alpha value is -2.93. The highest BCUT2D eigenvalue weighted by molar-refractivity contribution is 7.08. The zero-order valence-corrected chi connectivity index (χ0v) is 20.0. The van der Waals surface area contributed by atoms with Crippen molar-refractivity contribution >= 4 is 28.2 Å². The lowest BCUT2D eigenvalue weighted by Crippen LogP contribution is -2.50. The number of hydrogen-bond acceptors (Lipinski definition) is 5. The Kier molecular flexibility index (Phi) is 5.52. The molecular formula is C28H28N2O3S. The van der Waals surface area contributed by atoms with Gasteiger partial charge in [0.25, 0.3) is 5.91 Å². The maximum Gasteiger partial charge on any atom is 0.252 e. The van der Waals surface area contributed by atoms with Gasteiger partial charge in [0.15, 0.2) is 0 Å². The van der Waals surface area contributed by atoms with E-state index in [1.165, 1.54) is 22.5 Å². The van der Waals surface area contributed by atoms with Crippen molar-refractivity contribution in [2.24, 2.45) is 0 Å². The van der Waals surface area contributed by atoms with E-state index in [2.05, 4.69) is 46.6 Å². The number of ether oxygens (including phenoxy) is 1. The molecule has 2 aromatic carbocycles. The number of para-hydroxylation sites is 1. The first-order valence-electron chi connectivity index (χ1n) is 11.8. The summed E-state index contributed by atoms with van der Waals surface area (Å²) in [6, 6.07) is 20.6. The summed E-state index contributed by atoms with van der Waals surface area (Å²) in [5.41, 5.74) is 4.05. The summed E-state index contributed by atoms with van der Waals surface area (Å²) in [6.45, 7) is 2.72. The van der Waals surface area contributed by atoms with Crippen molar-refractivity contribution < 1.29 is 13.9 Å². The fraction of sp³-hybridized carbons (Fsp3) is 0.321. The molecule has 1 amide bonds. The van der Waals surface area contributed by atoms with Crippen LogP contribution in [0.3, 0.4) is 0 Å². The van der Waals surface area contributed by atoms with E-state index in [0.29, 0.717) is 5.56 Å². The molecule has 34 heavy (non-hydrogen) atoms. The van der Waals surface area contributed by atoms with Gasteiger partial charge in [-0.05, 0) is 60.6 Å². The third-order valence-electron chi connectivity index (χ3n) is 7.61. The van der Waals surface area contributed by atoms with Crippen LogP contribution in [0, 0.1) is 0 Å². The summed E-state index contributed by atoms with van der Waals surface area (Å²) >= 11 is 1.54. The fourth-order valence-corrected chi connectivity index (χ4v) is 6.63. The van der Waals surface area contributed by atoms with E-state index in [-0.39, 0.29) is 23.5 Å². The average Bonchev–Trinajstić information content (AvgIpc) is 3.59. The van der Waals surface area contributed by atoms with Gasteiger partial charge in [0, 0.05) is 23.3 Å². The number of benzene rings is 2. The largest absolute Gasteiger partial charge is 0.460 e. The number of carbonyl (C=O) groups excluding carboxylic acids is 1. The van der Waals surface area contributed by atoms with Crippen LogP contribution in [-0.2, 0) is 16.7 Å². The first-order valence-corrected chi connectivity index (χ1v) is 12.8. The maximum atomic E-state index is 13.0. The van der Waals surface area contributed by atoms with Gasteiger partial charge in [-0.3, -0.25) is 9.69 Å². The summed E-state index contributed by atoms with van der Waals surface area (Å²) < 4.78 is 12.2. The fourth-order valence-electron chi connectivity index (χ4n) is 5.99. The summed E-state index contributed by atoms with van der Waals surface area (Å²) in [6.07, 6.45) is 1.86. The highest BCUT2D eigenvalue weighted by Gasteiger charge is 2.54. The summed E-state index contributed by atoms with van der Waals surface area (Å²) in [7, 11) is 1.78. The van der Waals surface area contributed by atoms with Crippen LogP contribution in [-0.4, -0.2) is 37.1 Å². The van der Waals surface area contributed by atoms with Gasteiger partial charge in [-0.2, -0.15) is 11.3 Å². The number of thiophene rings is 1. The SMILES string of the molecule is CO[C@H]1[C@H](NC(=O)c2ccsc2)c2ccccc2C12CCN(Cc1cc3ccccc3o1)CC2. The molecule has 0 bridgehead atoms. The molecule has 0 radical (unpaired) electrons. The van der Waals surface area contributed by atoms with Crippen molar-refractivity contribution in [1.29, 1.82) is 0 Å². The molecule has 1 saturated heterocycles. The van der Waals surface area contributed by atoms with E-state index in [4.69, 9.17) is 9.15 Å². The number of hydrogen-bond donors (Lipinski definition) is 1. The first-order chi connectivity index (χ1) is 16.7. The zero-order valence-electron chi connectivity index (χ0n) is 19.2. The van der Waals surface area contributed by atoms with Crippen LogP contribution in [0.5, 0.6) is 0 Å². The minimum absolute atomic E-state index is 0.0394. The van der Waals surface area contributed by atoms with Crippen molar-refractivity contribution in [3.63, 3.8) is 0 Å². The summed E-state index contributed by atoms with van der Waals surface area (Å²) in [5, 5.41) is 8.27. The first kappa shape index (κ1) is 21.6.